The fraction of sp³-hybridized carbons (Fsp3) is 0.500. The lowest BCUT2D eigenvalue weighted by Gasteiger charge is -2.18. The van der Waals surface area contributed by atoms with Gasteiger partial charge in [0.05, 0.1) is 0 Å². The second-order valence-corrected chi connectivity index (χ2v) is 5.23. The summed E-state index contributed by atoms with van der Waals surface area (Å²) in [5, 5.41) is 0. The summed E-state index contributed by atoms with van der Waals surface area (Å²) in [4.78, 5) is 0. The highest BCUT2D eigenvalue weighted by atomic mass is 79.9. The topological polar surface area (TPSA) is 38.0 Å². The van der Waals surface area contributed by atoms with E-state index in [4.69, 9.17) is 5.84 Å². The van der Waals surface area contributed by atoms with E-state index in [9.17, 15) is 4.39 Å². The van der Waals surface area contributed by atoms with Crippen LogP contribution >= 0.6 is 15.9 Å². The molecule has 0 radical (unpaired) electrons. The zero-order chi connectivity index (χ0) is 11.5. The van der Waals surface area contributed by atoms with Gasteiger partial charge in [0.15, 0.2) is 0 Å². The maximum Gasteiger partial charge on any atom is 0.129 e. The van der Waals surface area contributed by atoms with Crippen molar-refractivity contribution in [3.8, 4) is 0 Å². The average molecular weight is 287 g/mol. The Morgan fingerprint density at radius 2 is 2.25 bits per heavy atom. The molecule has 0 heterocycles. The molecule has 1 unspecified atom stereocenters. The van der Waals surface area contributed by atoms with Crippen LogP contribution < -0.4 is 11.3 Å². The van der Waals surface area contributed by atoms with E-state index in [-0.39, 0.29) is 11.9 Å². The van der Waals surface area contributed by atoms with Gasteiger partial charge in [-0.15, -0.1) is 0 Å². The summed E-state index contributed by atoms with van der Waals surface area (Å²) in [5.74, 6) is 6.15. The molecular formula is C12H16BrFN2. The average Bonchev–Trinajstić information content (AvgIpc) is 3.06. The molecule has 2 rings (SSSR count). The minimum atomic E-state index is -0.201. The molecule has 1 atom stereocenters. The number of nitrogens with one attached hydrogen (secondary N) is 1. The summed E-state index contributed by atoms with van der Waals surface area (Å²) in [7, 11) is 0. The molecule has 1 aromatic rings. The Morgan fingerprint density at radius 1 is 1.50 bits per heavy atom. The van der Waals surface area contributed by atoms with Crippen molar-refractivity contribution in [2.24, 2.45) is 11.8 Å². The lowest BCUT2D eigenvalue weighted by atomic mass is 10.0. The zero-order valence-corrected chi connectivity index (χ0v) is 10.6. The summed E-state index contributed by atoms with van der Waals surface area (Å²) < 4.78 is 14.5. The molecule has 0 spiro atoms. The van der Waals surface area contributed by atoms with Gasteiger partial charge in [-0.1, -0.05) is 34.8 Å². The number of benzene rings is 1. The van der Waals surface area contributed by atoms with Gasteiger partial charge >= 0.3 is 0 Å². The fourth-order valence-electron chi connectivity index (χ4n) is 1.96. The van der Waals surface area contributed by atoms with Crippen LogP contribution in [0.3, 0.4) is 0 Å². The van der Waals surface area contributed by atoms with E-state index in [1.165, 1.54) is 18.9 Å². The summed E-state index contributed by atoms with van der Waals surface area (Å²) in [6, 6.07) is 4.91. The molecule has 1 aromatic carbocycles. The van der Waals surface area contributed by atoms with Crippen LogP contribution in [0.25, 0.3) is 0 Å². The molecule has 0 aliphatic heterocycles. The fourth-order valence-corrected chi connectivity index (χ4v) is 2.58. The highest BCUT2D eigenvalue weighted by Crippen LogP contribution is 2.37. The van der Waals surface area contributed by atoms with Crippen molar-refractivity contribution in [1.29, 1.82) is 0 Å². The largest absolute Gasteiger partial charge is 0.271 e. The first-order valence-electron chi connectivity index (χ1n) is 5.62. The van der Waals surface area contributed by atoms with Crippen LogP contribution in [0.2, 0.25) is 0 Å². The van der Waals surface area contributed by atoms with Crippen molar-refractivity contribution in [3.05, 3.63) is 34.1 Å². The Morgan fingerprint density at radius 3 is 2.81 bits per heavy atom. The molecule has 1 fully saturated rings. The predicted octanol–water partition coefficient (Wildman–Crippen LogP) is 3.28. The molecule has 0 aromatic heterocycles. The third-order valence-electron chi connectivity index (χ3n) is 3.11. The standard InChI is InChI=1S/C12H16BrFN2/c13-9-2-1-3-10(14)12(9)11(16-15)7-6-8-4-5-8/h1-3,8,11,16H,4-7,15H2. The van der Waals surface area contributed by atoms with Crippen LogP contribution in [-0.2, 0) is 0 Å². The van der Waals surface area contributed by atoms with Gasteiger partial charge in [-0.05, 0) is 30.9 Å². The Balaban J connectivity index is 2.11. The minimum Gasteiger partial charge on any atom is -0.271 e. The predicted molar refractivity (Wildman–Crippen MR) is 66.1 cm³/mol. The maximum atomic E-state index is 13.7. The number of nitrogens with two attached hydrogens (primary N) is 1. The highest BCUT2D eigenvalue weighted by Gasteiger charge is 2.24. The van der Waals surface area contributed by atoms with Crippen LogP contribution in [-0.4, -0.2) is 0 Å². The van der Waals surface area contributed by atoms with Crippen LogP contribution in [0.5, 0.6) is 0 Å². The van der Waals surface area contributed by atoms with Crippen LogP contribution in [0.15, 0.2) is 22.7 Å². The third-order valence-corrected chi connectivity index (χ3v) is 3.80. The monoisotopic (exact) mass is 286 g/mol. The van der Waals surface area contributed by atoms with Crippen molar-refractivity contribution in [2.75, 3.05) is 0 Å². The molecule has 4 heteroatoms. The van der Waals surface area contributed by atoms with Gasteiger partial charge in [-0.3, -0.25) is 11.3 Å². The van der Waals surface area contributed by atoms with E-state index in [1.54, 1.807) is 6.07 Å². The first kappa shape index (κ1) is 12.0. The van der Waals surface area contributed by atoms with E-state index in [0.29, 0.717) is 5.56 Å². The Kier molecular flexibility index (Phi) is 3.95. The number of rotatable bonds is 5. The van der Waals surface area contributed by atoms with E-state index < -0.39 is 0 Å². The quantitative estimate of drug-likeness (QED) is 0.644. The Bertz CT molecular complexity index is 346. The molecule has 1 saturated carbocycles. The molecule has 88 valence electrons. The highest BCUT2D eigenvalue weighted by molar-refractivity contribution is 9.10. The lowest BCUT2D eigenvalue weighted by Crippen LogP contribution is -2.29. The van der Waals surface area contributed by atoms with Gasteiger partial charge in [-0.2, -0.15) is 0 Å². The van der Waals surface area contributed by atoms with Gasteiger partial charge in [0, 0.05) is 16.1 Å². The zero-order valence-electron chi connectivity index (χ0n) is 9.05. The summed E-state index contributed by atoms with van der Waals surface area (Å²) in [6.07, 6.45) is 4.64. The van der Waals surface area contributed by atoms with Crippen LogP contribution in [0.4, 0.5) is 4.39 Å². The second-order valence-electron chi connectivity index (χ2n) is 4.38. The minimum absolute atomic E-state index is 0.101. The second kappa shape index (κ2) is 5.25. The van der Waals surface area contributed by atoms with Gasteiger partial charge in [-0.25, -0.2) is 4.39 Å². The van der Waals surface area contributed by atoms with Gasteiger partial charge in [0.2, 0.25) is 0 Å². The van der Waals surface area contributed by atoms with E-state index in [2.05, 4.69) is 21.4 Å². The molecular weight excluding hydrogens is 271 g/mol. The van der Waals surface area contributed by atoms with Crippen molar-refractivity contribution < 1.29 is 4.39 Å². The third kappa shape index (κ3) is 2.81. The molecule has 0 saturated heterocycles. The van der Waals surface area contributed by atoms with Gasteiger partial charge in [0.25, 0.3) is 0 Å². The normalized spacial score (nSPS) is 17.4. The van der Waals surface area contributed by atoms with E-state index in [0.717, 1.165) is 23.2 Å². The number of hydrogen-bond donors (Lipinski definition) is 2. The number of halogens is 2. The van der Waals surface area contributed by atoms with Crippen LogP contribution in [0.1, 0.15) is 37.3 Å². The van der Waals surface area contributed by atoms with Crippen molar-refractivity contribution >= 4 is 15.9 Å². The van der Waals surface area contributed by atoms with E-state index in [1.807, 2.05) is 6.07 Å². The van der Waals surface area contributed by atoms with Crippen molar-refractivity contribution in [2.45, 2.75) is 31.7 Å². The number of hydrazine groups is 1. The Hall–Kier alpha value is -0.450. The molecule has 0 bridgehead atoms. The van der Waals surface area contributed by atoms with Crippen molar-refractivity contribution in [1.82, 2.24) is 5.43 Å². The molecule has 2 nitrogen and oxygen atoms in total. The molecule has 0 amide bonds. The summed E-state index contributed by atoms with van der Waals surface area (Å²) in [6.45, 7) is 0. The molecule has 1 aliphatic carbocycles. The molecule has 1 aliphatic rings. The smallest absolute Gasteiger partial charge is 0.129 e. The first-order chi connectivity index (χ1) is 7.72. The lowest BCUT2D eigenvalue weighted by molar-refractivity contribution is 0.458. The maximum absolute atomic E-state index is 13.7. The molecule has 3 N–H and O–H groups in total. The van der Waals surface area contributed by atoms with Crippen LogP contribution in [0, 0.1) is 11.7 Å². The van der Waals surface area contributed by atoms with Gasteiger partial charge in [0.1, 0.15) is 5.82 Å². The van der Waals surface area contributed by atoms with Crippen molar-refractivity contribution in [3.63, 3.8) is 0 Å². The summed E-state index contributed by atoms with van der Waals surface area (Å²) >= 11 is 3.38. The SMILES string of the molecule is NNC(CCC1CC1)c1c(F)cccc1Br. The summed E-state index contributed by atoms with van der Waals surface area (Å²) in [5.41, 5.74) is 3.36. The molecule has 16 heavy (non-hydrogen) atoms. The van der Waals surface area contributed by atoms with E-state index >= 15 is 0 Å². The first-order valence-corrected chi connectivity index (χ1v) is 6.41. The van der Waals surface area contributed by atoms with Gasteiger partial charge < -0.3 is 0 Å². The number of hydrogen-bond acceptors (Lipinski definition) is 2. The Labute approximate surface area is 104 Å².